The van der Waals surface area contributed by atoms with Gasteiger partial charge in [-0.15, -0.1) is 0 Å². The van der Waals surface area contributed by atoms with Gasteiger partial charge in [0.2, 0.25) is 5.95 Å². The summed E-state index contributed by atoms with van der Waals surface area (Å²) in [6, 6.07) is 0. The number of amides is 1. The largest absolute Gasteiger partial charge is 0.498 e. The Morgan fingerprint density at radius 3 is 2.15 bits per heavy atom. The molecule has 0 aromatic carbocycles. The average molecular weight is 378 g/mol. The molecule has 0 bridgehead atoms. The van der Waals surface area contributed by atoms with E-state index in [1.54, 1.807) is 12.4 Å². The van der Waals surface area contributed by atoms with Crippen LogP contribution in [0.5, 0.6) is 0 Å². The van der Waals surface area contributed by atoms with Gasteiger partial charge in [-0.25, -0.2) is 9.97 Å². The fraction of sp³-hybridized carbons (Fsp3) is 0.706. The molecule has 1 amide bonds. The average Bonchev–Trinajstić information content (AvgIpc) is 2.88. The summed E-state index contributed by atoms with van der Waals surface area (Å²) in [5.41, 5.74) is -0.0753. The lowest BCUT2D eigenvalue weighted by atomic mass is 9.81. The molecule has 10 heteroatoms. The quantitative estimate of drug-likeness (QED) is 0.628. The maximum atomic E-state index is 11.9. The lowest BCUT2D eigenvalue weighted by Gasteiger charge is -2.35. The molecule has 148 valence electrons. The van der Waals surface area contributed by atoms with Gasteiger partial charge in [-0.3, -0.25) is 4.79 Å². The summed E-state index contributed by atoms with van der Waals surface area (Å²) >= 11 is 0. The molecule has 2 N–H and O–H groups in total. The van der Waals surface area contributed by atoms with Crippen molar-refractivity contribution in [2.75, 3.05) is 37.7 Å². The third kappa shape index (κ3) is 3.93. The van der Waals surface area contributed by atoms with Crippen molar-refractivity contribution < 1.29 is 24.3 Å². The topological polar surface area (TPSA) is 108 Å². The van der Waals surface area contributed by atoms with Crippen LogP contribution in [-0.2, 0) is 14.1 Å². The van der Waals surface area contributed by atoms with Crippen molar-refractivity contribution in [3.05, 3.63) is 12.4 Å². The van der Waals surface area contributed by atoms with Gasteiger partial charge >= 0.3 is 7.12 Å². The molecule has 3 rings (SSSR count). The lowest BCUT2D eigenvalue weighted by Crippen LogP contribution is -2.52. The molecule has 9 nitrogen and oxygen atoms in total. The molecule has 0 unspecified atom stereocenters. The Morgan fingerprint density at radius 2 is 1.67 bits per heavy atom. The molecular weight excluding hydrogens is 351 g/mol. The SMILES string of the molecule is CC1(C)OB(c2cnc(N3CCN(C(=O)[C@@H](O)CO)CC3)nc2)OC1(C)C. The molecule has 1 atom stereocenters. The third-order valence-corrected chi connectivity index (χ3v) is 5.52. The van der Waals surface area contributed by atoms with Crippen LogP contribution in [0.1, 0.15) is 27.7 Å². The van der Waals surface area contributed by atoms with E-state index in [0.717, 1.165) is 5.46 Å². The highest BCUT2D eigenvalue weighted by molar-refractivity contribution is 6.61. The van der Waals surface area contributed by atoms with Crippen LogP contribution < -0.4 is 10.4 Å². The molecule has 3 heterocycles. The number of nitrogens with zero attached hydrogens (tertiary/aromatic N) is 4. The third-order valence-electron chi connectivity index (χ3n) is 5.52. The minimum Gasteiger partial charge on any atom is -0.399 e. The van der Waals surface area contributed by atoms with E-state index in [4.69, 9.17) is 14.4 Å². The van der Waals surface area contributed by atoms with Crippen molar-refractivity contribution >= 4 is 24.4 Å². The van der Waals surface area contributed by atoms with Gasteiger partial charge in [0.25, 0.3) is 5.91 Å². The zero-order chi connectivity index (χ0) is 19.8. The fourth-order valence-corrected chi connectivity index (χ4v) is 3.01. The summed E-state index contributed by atoms with van der Waals surface area (Å²) in [5, 5.41) is 18.4. The molecule has 1 aromatic heterocycles. The first-order valence-corrected chi connectivity index (χ1v) is 9.15. The number of carbonyl (C=O) groups excluding carboxylic acids is 1. The lowest BCUT2D eigenvalue weighted by molar-refractivity contribution is -0.142. The standard InChI is InChI=1S/C17H27BN4O5/c1-16(2)17(3,4)27-18(26-16)12-9-19-15(20-10-12)22-7-5-21(6-8-22)14(25)13(24)11-23/h9-10,13,23-24H,5-8,11H2,1-4H3/t13-/m0/s1. The predicted octanol–water partition coefficient (Wildman–Crippen LogP) is -1.22. The van der Waals surface area contributed by atoms with E-state index in [-0.39, 0.29) is 0 Å². The minimum atomic E-state index is -1.35. The maximum Gasteiger partial charge on any atom is 0.498 e. The van der Waals surface area contributed by atoms with Crippen molar-refractivity contribution in [2.45, 2.75) is 45.0 Å². The van der Waals surface area contributed by atoms with Crippen LogP contribution in [-0.4, -0.2) is 88.2 Å². The zero-order valence-electron chi connectivity index (χ0n) is 16.3. The van der Waals surface area contributed by atoms with Crippen LogP contribution in [0.3, 0.4) is 0 Å². The van der Waals surface area contributed by atoms with Gasteiger partial charge in [-0.05, 0) is 27.7 Å². The highest BCUT2D eigenvalue weighted by Crippen LogP contribution is 2.36. The molecule has 2 aliphatic rings. The second-order valence-electron chi connectivity index (χ2n) is 7.92. The summed E-state index contributed by atoms with van der Waals surface area (Å²) < 4.78 is 12.0. The molecule has 0 radical (unpaired) electrons. The maximum absolute atomic E-state index is 11.9. The van der Waals surface area contributed by atoms with Gasteiger partial charge in [0.1, 0.15) is 0 Å². The zero-order valence-corrected chi connectivity index (χ0v) is 16.3. The Morgan fingerprint density at radius 1 is 1.15 bits per heavy atom. The van der Waals surface area contributed by atoms with Crippen LogP contribution in [0.15, 0.2) is 12.4 Å². The van der Waals surface area contributed by atoms with E-state index in [2.05, 4.69) is 9.97 Å². The summed E-state index contributed by atoms with van der Waals surface area (Å²) in [6.07, 6.45) is 2.06. The first-order valence-electron chi connectivity index (χ1n) is 9.15. The van der Waals surface area contributed by atoms with Gasteiger partial charge in [0.05, 0.1) is 17.8 Å². The Bertz CT molecular complexity index is 660. The number of carbonyl (C=O) groups is 1. The number of anilines is 1. The van der Waals surface area contributed by atoms with Crippen LogP contribution in [0.2, 0.25) is 0 Å². The molecule has 0 aliphatic carbocycles. The molecule has 2 saturated heterocycles. The molecular formula is C17H27BN4O5. The molecule has 27 heavy (non-hydrogen) atoms. The fourth-order valence-electron chi connectivity index (χ4n) is 3.01. The number of hydrogen-bond acceptors (Lipinski definition) is 8. The summed E-state index contributed by atoms with van der Waals surface area (Å²) in [6.45, 7) is 9.42. The highest BCUT2D eigenvalue weighted by Gasteiger charge is 2.52. The highest BCUT2D eigenvalue weighted by atomic mass is 16.7. The Labute approximate surface area is 159 Å². The van der Waals surface area contributed by atoms with E-state index in [9.17, 15) is 9.90 Å². The normalized spacial score (nSPS) is 22.8. The number of aliphatic hydroxyl groups excluding tert-OH is 2. The van der Waals surface area contributed by atoms with Crippen LogP contribution in [0, 0.1) is 0 Å². The van der Waals surface area contributed by atoms with Gasteiger partial charge in [0, 0.05) is 44.0 Å². The van der Waals surface area contributed by atoms with E-state index in [1.807, 2.05) is 32.6 Å². The van der Waals surface area contributed by atoms with E-state index >= 15 is 0 Å². The Hall–Kier alpha value is -1.75. The molecule has 2 fully saturated rings. The summed E-state index contributed by atoms with van der Waals surface area (Å²) in [7, 11) is -0.501. The predicted molar refractivity (Wildman–Crippen MR) is 99.6 cm³/mol. The van der Waals surface area contributed by atoms with Crippen molar-refractivity contribution in [2.24, 2.45) is 0 Å². The smallest absolute Gasteiger partial charge is 0.399 e. The van der Waals surface area contributed by atoms with Gasteiger partial charge in [-0.1, -0.05) is 0 Å². The number of rotatable bonds is 4. The minimum absolute atomic E-state index is 0.418. The summed E-state index contributed by atoms with van der Waals surface area (Å²) in [5.74, 6) is 0.124. The number of piperazine rings is 1. The second-order valence-corrected chi connectivity index (χ2v) is 7.92. The van der Waals surface area contributed by atoms with E-state index in [1.165, 1.54) is 4.90 Å². The van der Waals surface area contributed by atoms with Crippen molar-refractivity contribution in [3.63, 3.8) is 0 Å². The second kappa shape index (κ2) is 7.35. The van der Waals surface area contributed by atoms with Gasteiger partial charge < -0.3 is 29.3 Å². The number of aromatic nitrogens is 2. The Kier molecular flexibility index (Phi) is 5.44. The first kappa shape index (κ1) is 20.0. The first-order chi connectivity index (χ1) is 12.6. The number of hydrogen-bond donors (Lipinski definition) is 2. The monoisotopic (exact) mass is 378 g/mol. The van der Waals surface area contributed by atoms with Crippen molar-refractivity contribution in [1.82, 2.24) is 14.9 Å². The molecule has 1 aromatic rings. The van der Waals surface area contributed by atoms with Crippen LogP contribution in [0.25, 0.3) is 0 Å². The molecule has 0 spiro atoms. The van der Waals surface area contributed by atoms with Crippen molar-refractivity contribution in [1.29, 1.82) is 0 Å². The Balaban J connectivity index is 1.60. The number of aliphatic hydroxyl groups is 2. The van der Waals surface area contributed by atoms with Crippen LogP contribution >= 0.6 is 0 Å². The molecule has 2 aliphatic heterocycles. The van der Waals surface area contributed by atoms with E-state index < -0.39 is 36.9 Å². The molecule has 0 saturated carbocycles. The van der Waals surface area contributed by atoms with Gasteiger partial charge in [0.15, 0.2) is 6.10 Å². The van der Waals surface area contributed by atoms with Gasteiger partial charge in [-0.2, -0.15) is 0 Å². The van der Waals surface area contributed by atoms with Crippen LogP contribution in [0.4, 0.5) is 5.95 Å². The van der Waals surface area contributed by atoms with E-state index in [0.29, 0.717) is 32.1 Å². The summed E-state index contributed by atoms with van der Waals surface area (Å²) in [4.78, 5) is 24.3. The van der Waals surface area contributed by atoms with Crippen molar-refractivity contribution in [3.8, 4) is 0 Å².